The van der Waals surface area contributed by atoms with Crippen molar-refractivity contribution in [1.29, 1.82) is 0 Å². The summed E-state index contributed by atoms with van der Waals surface area (Å²) in [6.07, 6.45) is 2.98. The molecule has 6 heteroatoms. The van der Waals surface area contributed by atoms with Crippen molar-refractivity contribution in [3.05, 3.63) is 53.8 Å². The standard InChI is InChI=1S/C23H27FN2O3/c1-4-22(27)25-17-9-10-18(13-17)26(2)23(28)16-7-5-15(6-8-16)20-12-11-19(29-3)14-21(20)24/h5-8,11-12,14,17-18H,4,9-10,13H2,1-3H3,(H,25,27)/t17-,18+/m1/s1. The van der Waals surface area contributed by atoms with Gasteiger partial charge in [0.05, 0.1) is 7.11 Å². The van der Waals surface area contributed by atoms with Gasteiger partial charge in [0.25, 0.3) is 5.91 Å². The topological polar surface area (TPSA) is 58.6 Å². The first kappa shape index (κ1) is 20.8. The lowest BCUT2D eigenvalue weighted by Crippen LogP contribution is -2.38. The summed E-state index contributed by atoms with van der Waals surface area (Å²) in [5, 5.41) is 3.01. The fourth-order valence-electron chi connectivity index (χ4n) is 3.79. The Morgan fingerprint density at radius 2 is 1.90 bits per heavy atom. The molecule has 2 aromatic rings. The number of rotatable bonds is 6. The van der Waals surface area contributed by atoms with E-state index in [1.807, 2.05) is 6.92 Å². The van der Waals surface area contributed by atoms with E-state index < -0.39 is 0 Å². The summed E-state index contributed by atoms with van der Waals surface area (Å²) < 4.78 is 19.3. The van der Waals surface area contributed by atoms with Gasteiger partial charge in [0.2, 0.25) is 5.91 Å². The van der Waals surface area contributed by atoms with Crippen LogP contribution >= 0.6 is 0 Å². The molecule has 2 aromatic carbocycles. The number of carbonyl (C=O) groups is 2. The predicted molar refractivity (Wildman–Crippen MR) is 110 cm³/mol. The van der Waals surface area contributed by atoms with E-state index in [2.05, 4.69) is 5.32 Å². The van der Waals surface area contributed by atoms with Crippen LogP contribution in [-0.2, 0) is 4.79 Å². The van der Waals surface area contributed by atoms with Crippen LogP contribution in [0.4, 0.5) is 4.39 Å². The maximum Gasteiger partial charge on any atom is 0.253 e. The highest BCUT2D eigenvalue weighted by molar-refractivity contribution is 5.94. The van der Waals surface area contributed by atoms with Crippen LogP contribution in [0.5, 0.6) is 5.75 Å². The zero-order chi connectivity index (χ0) is 21.0. The second kappa shape index (κ2) is 9.07. The van der Waals surface area contributed by atoms with E-state index in [0.717, 1.165) is 19.3 Å². The highest BCUT2D eigenvalue weighted by Crippen LogP contribution is 2.28. The van der Waals surface area contributed by atoms with E-state index in [1.165, 1.54) is 13.2 Å². The highest BCUT2D eigenvalue weighted by atomic mass is 19.1. The fraction of sp³-hybridized carbons (Fsp3) is 0.391. The third kappa shape index (κ3) is 4.75. The highest BCUT2D eigenvalue weighted by Gasteiger charge is 2.30. The molecule has 1 N–H and O–H groups in total. The summed E-state index contributed by atoms with van der Waals surface area (Å²) in [4.78, 5) is 26.2. The average molecular weight is 398 g/mol. The number of ether oxygens (including phenoxy) is 1. The Bertz CT molecular complexity index is 882. The first-order valence-corrected chi connectivity index (χ1v) is 9.93. The number of benzene rings is 2. The molecule has 1 fully saturated rings. The van der Waals surface area contributed by atoms with E-state index in [0.29, 0.717) is 28.9 Å². The molecule has 0 heterocycles. The van der Waals surface area contributed by atoms with E-state index in [1.54, 1.807) is 48.3 Å². The molecule has 5 nitrogen and oxygen atoms in total. The molecule has 3 rings (SSSR count). The molecule has 0 bridgehead atoms. The van der Waals surface area contributed by atoms with Gasteiger partial charge >= 0.3 is 0 Å². The van der Waals surface area contributed by atoms with Crippen molar-refractivity contribution < 1.29 is 18.7 Å². The van der Waals surface area contributed by atoms with Crippen LogP contribution < -0.4 is 10.1 Å². The maximum atomic E-state index is 14.3. The molecule has 2 atom stereocenters. The molecule has 1 saturated carbocycles. The van der Waals surface area contributed by atoms with Gasteiger partial charge in [-0.1, -0.05) is 19.1 Å². The Balaban J connectivity index is 1.67. The molecule has 0 unspecified atom stereocenters. The zero-order valence-corrected chi connectivity index (χ0v) is 17.1. The van der Waals surface area contributed by atoms with Gasteiger partial charge < -0.3 is 15.0 Å². The molecule has 2 amide bonds. The lowest BCUT2D eigenvalue weighted by Gasteiger charge is -2.25. The summed E-state index contributed by atoms with van der Waals surface area (Å²) in [5.41, 5.74) is 1.72. The van der Waals surface area contributed by atoms with Crippen molar-refractivity contribution in [1.82, 2.24) is 10.2 Å². The van der Waals surface area contributed by atoms with Gasteiger partial charge in [0, 0.05) is 42.7 Å². The van der Waals surface area contributed by atoms with Crippen molar-refractivity contribution in [2.75, 3.05) is 14.2 Å². The number of carbonyl (C=O) groups excluding carboxylic acids is 2. The van der Waals surface area contributed by atoms with Crippen molar-refractivity contribution >= 4 is 11.8 Å². The van der Waals surface area contributed by atoms with Crippen molar-refractivity contribution in [2.24, 2.45) is 0 Å². The molecular weight excluding hydrogens is 371 g/mol. The zero-order valence-electron chi connectivity index (χ0n) is 17.1. The normalized spacial score (nSPS) is 18.3. The van der Waals surface area contributed by atoms with Crippen LogP contribution in [0.15, 0.2) is 42.5 Å². The Labute approximate surface area is 170 Å². The number of halogens is 1. The fourth-order valence-corrected chi connectivity index (χ4v) is 3.79. The molecule has 1 aliphatic carbocycles. The van der Waals surface area contributed by atoms with Gasteiger partial charge in [-0.2, -0.15) is 0 Å². The summed E-state index contributed by atoms with van der Waals surface area (Å²) in [7, 11) is 3.30. The van der Waals surface area contributed by atoms with Crippen molar-refractivity contribution in [3.8, 4) is 16.9 Å². The molecule has 0 radical (unpaired) electrons. The number of nitrogens with one attached hydrogen (secondary N) is 1. The SMILES string of the molecule is CCC(=O)N[C@@H]1CC[C@H](N(C)C(=O)c2ccc(-c3ccc(OC)cc3F)cc2)C1. The first-order valence-electron chi connectivity index (χ1n) is 9.93. The Morgan fingerprint density at radius 3 is 2.52 bits per heavy atom. The van der Waals surface area contributed by atoms with Gasteiger partial charge in [0.15, 0.2) is 0 Å². The second-order valence-electron chi connectivity index (χ2n) is 7.42. The third-order valence-corrected chi connectivity index (χ3v) is 5.58. The number of methoxy groups -OCH3 is 1. The Kier molecular flexibility index (Phi) is 6.52. The minimum atomic E-state index is -0.369. The molecule has 0 aromatic heterocycles. The van der Waals surface area contributed by atoms with Gasteiger partial charge in [-0.15, -0.1) is 0 Å². The van der Waals surface area contributed by atoms with Crippen LogP contribution in [0.2, 0.25) is 0 Å². The average Bonchev–Trinajstić information content (AvgIpc) is 3.21. The van der Waals surface area contributed by atoms with Crippen LogP contribution in [0.25, 0.3) is 11.1 Å². The van der Waals surface area contributed by atoms with Crippen LogP contribution in [0.3, 0.4) is 0 Å². The maximum absolute atomic E-state index is 14.3. The van der Waals surface area contributed by atoms with Crippen LogP contribution in [-0.4, -0.2) is 43.0 Å². The minimum absolute atomic E-state index is 0.0472. The smallest absolute Gasteiger partial charge is 0.253 e. The predicted octanol–water partition coefficient (Wildman–Crippen LogP) is 4.02. The monoisotopic (exact) mass is 398 g/mol. The van der Waals surface area contributed by atoms with E-state index in [-0.39, 0.29) is 29.7 Å². The third-order valence-electron chi connectivity index (χ3n) is 5.58. The van der Waals surface area contributed by atoms with Crippen molar-refractivity contribution in [2.45, 2.75) is 44.7 Å². The summed E-state index contributed by atoms with van der Waals surface area (Å²) in [5.74, 6) is 0.0709. The van der Waals surface area contributed by atoms with Crippen LogP contribution in [0.1, 0.15) is 43.0 Å². The summed E-state index contributed by atoms with van der Waals surface area (Å²) >= 11 is 0. The largest absolute Gasteiger partial charge is 0.497 e. The molecule has 0 spiro atoms. The van der Waals surface area contributed by atoms with E-state index >= 15 is 0 Å². The van der Waals surface area contributed by atoms with Crippen molar-refractivity contribution in [3.63, 3.8) is 0 Å². The molecule has 1 aliphatic rings. The lowest BCUT2D eigenvalue weighted by molar-refractivity contribution is -0.121. The van der Waals surface area contributed by atoms with E-state index in [9.17, 15) is 14.0 Å². The van der Waals surface area contributed by atoms with E-state index in [4.69, 9.17) is 4.74 Å². The Morgan fingerprint density at radius 1 is 1.17 bits per heavy atom. The van der Waals surface area contributed by atoms with Crippen LogP contribution in [0, 0.1) is 5.82 Å². The number of nitrogens with zero attached hydrogens (tertiary/aromatic N) is 1. The second-order valence-corrected chi connectivity index (χ2v) is 7.42. The number of hydrogen-bond donors (Lipinski definition) is 1. The minimum Gasteiger partial charge on any atom is -0.497 e. The Hall–Kier alpha value is -2.89. The lowest BCUT2D eigenvalue weighted by atomic mass is 10.0. The molecule has 0 saturated heterocycles. The summed E-state index contributed by atoms with van der Waals surface area (Å²) in [6.45, 7) is 1.83. The van der Waals surface area contributed by atoms with Gasteiger partial charge in [0.1, 0.15) is 11.6 Å². The van der Waals surface area contributed by atoms with Gasteiger partial charge in [-0.05, 0) is 49.1 Å². The summed E-state index contributed by atoms with van der Waals surface area (Å²) in [6, 6.07) is 11.9. The number of amides is 2. The first-order chi connectivity index (χ1) is 13.9. The number of hydrogen-bond acceptors (Lipinski definition) is 3. The molecule has 154 valence electrons. The van der Waals surface area contributed by atoms with Gasteiger partial charge in [-0.25, -0.2) is 4.39 Å². The quantitative estimate of drug-likeness (QED) is 0.800. The molecule has 29 heavy (non-hydrogen) atoms. The molecule has 0 aliphatic heterocycles. The van der Waals surface area contributed by atoms with Gasteiger partial charge in [-0.3, -0.25) is 9.59 Å². The molecular formula is C23H27FN2O3.